The Morgan fingerprint density at radius 2 is 1.24 bits per heavy atom. The lowest BCUT2D eigenvalue weighted by Gasteiger charge is -2.20. The quantitative estimate of drug-likeness (QED) is 0.735. The van der Waals surface area contributed by atoms with Crippen molar-refractivity contribution >= 4 is 23.8 Å². The minimum Gasteiger partial charge on any atom is -0.507 e. The summed E-state index contributed by atoms with van der Waals surface area (Å²) in [7, 11) is -0.896. The highest BCUT2D eigenvalue weighted by atomic mass is 31.1. The molecule has 0 saturated heterocycles. The van der Waals surface area contributed by atoms with Crippen LogP contribution in [-0.2, 0) is 0 Å². The Morgan fingerprint density at radius 1 is 0.714 bits per heavy atom. The van der Waals surface area contributed by atoms with Crippen LogP contribution in [-0.4, -0.2) is 5.11 Å². The van der Waals surface area contributed by atoms with Crippen LogP contribution < -0.4 is 15.9 Å². The molecular weight excluding hydrogens is 282 g/mol. The van der Waals surface area contributed by atoms with Crippen LogP contribution >= 0.6 is 7.92 Å². The number of benzene rings is 3. The first kappa shape index (κ1) is 13.8. The molecule has 3 heteroatoms. The molecule has 21 heavy (non-hydrogen) atoms. The molecule has 0 aliphatic rings. The first-order chi connectivity index (χ1) is 10.3. The van der Waals surface area contributed by atoms with Gasteiger partial charge >= 0.3 is 0 Å². The number of aromatic hydroxyl groups is 1. The van der Waals surface area contributed by atoms with Crippen molar-refractivity contribution in [3.05, 3.63) is 84.7 Å². The van der Waals surface area contributed by atoms with E-state index in [0.29, 0.717) is 0 Å². The predicted molar refractivity (Wildman–Crippen MR) is 86.8 cm³/mol. The van der Waals surface area contributed by atoms with Gasteiger partial charge in [0.25, 0.3) is 0 Å². The summed E-state index contributed by atoms with van der Waals surface area (Å²) in [6, 6.07) is 24.3. The molecule has 0 bridgehead atoms. The third-order valence-corrected chi connectivity index (χ3v) is 5.70. The molecule has 0 fully saturated rings. The predicted octanol–water partition coefficient (Wildman–Crippen LogP) is 3.29. The van der Waals surface area contributed by atoms with Gasteiger partial charge < -0.3 is 5.11 Å². The highest BCUT2D eigenvalue weighted by Crippen LogP contribution is 2.36. The van der Waals surface area contributed by atoms with Gasteiger partial charge in [-0.3, -0.25) is 0 Å². The average molecular weight is 296 g/mol. The normalized spacial score (nSPS) is 10.8. The van der Waals surface area contributed by atoms with Gasteiger partial charge in [-0.05, 0) is 30.7 Å². The zero-order valence-electron chi connectivity index (χ0n) is 11.3. The fourth-order valence-corrected chi connectivity index (χ4v) is 4.58. The van der Waals surface area contributed by atoms with Gasteiger partial charge in [0.1, 0.15) is 11.6 Å². The molecule has 3 aromatic rings. The van der Waals surface area contributed by atoms with Gasteiger partial charge in [-0.1, -0.05) is 60.7 Å². The molecule has 0 unspecified atom stereocenters. The van der Waals surface area contributed by atoms with Gasteiger partial charge in [0.05, 0.1) is 0 Å². The minimum absolute atomic E-state index is 0.00816. The van der Waals surface area contributed by atoms with Crippen LogP contribution in [0.2, 0.25) is 0 Å². The second-order valence-electron chi connectivity index (χ2n) is 4.64. The maximum atomic E-state index is 13.3. The van der Waals surface area contributed by atoms with Crippen molar-refractivity contribution < 1.29 is 9.50 Å². The van der Waals surface area contributed by atoms with E-state index in [9.17, 15) is 9.50 Å². The molecule has 0 saturated carbocycles. The molecule has 3 rings (SSSR count). The number of rotatable bonds is 3. The van der Waals surface area contributed by atoms with Crippen molar-refractivity contribution in [2.75, 3.05) is 0 Å². The Labute approximate surface area is 124 Å². The fraction of sp³-hybridized carbons (Fsp3) is 0. The van der Waals surface area contributed by atoms with Crippen LogP contribution in [0.3, 0.4) is 0 Å². The first-order valence-electron chi connectivity index (χ1n) is 6.64. The smallest absolute Gasteiger partial charge is 0.126 e. The van der Waals surface area contributed by atoms with Crippen molar-refractivity contribution in [2.24, 2.45) is 0 Å². The maximum Gasteiger partial charge on any atom is 0.126 e. The Hall–Kier alpha value is -2.18. The zero-order valence-corrected chi connectivity index (χ0v) is 12.2. The second kappa shape index (κ2) is 6.07. The van der Waals surface area contributed by atoms with E-state index in [1.165, 1.54) is 12.1 Å². The third kappa shape index (κ3) is 2.96. The van der Waals surface area contributed by atoms with Crippen LogP contribution in [0.15, 0.2) is 78.9 Å². The molecule has 0 radical (unpaired) electrons. The third-order valence-electron chi connectivity index (χ3n) is 3.21. The van der Waals surface area contributed by atoms with Gasteiger partial charge in [0.2, 0.25) is 0 Å². The Kier molecular flexibility index (Phi) is 3.98. The van der Waals surface area contributed by atoms with E-state index in [2.05, 4.69) is 0 Å². The first-order valence-corrected chi connectivity index (χ1v) is 7.98. The Bertz CT molecular complexity index is 689. The van der Waals surface area contributed by atoms with Crippen molar-refractivity contribution in [1.82, 2.24) is 0 Å². The summed E-state index contributed by atoms with van der Waals surface area (Å²) >= 11 is 0. The van der Waals surface area contributed by atoms with E-state index in [1.807, 2.05) is 60.7 Å². The molecule has 0 aliphatic carbocycles. The number of phenolic OH excluding ortho intramolecular Hbond substituents is 1. The molecule has 0 amide bonds. The monoisotopic (exact) mass is 296 g/mol. The number of phenols is 1. The Morgan fingerprint density at radius 3 is 1.71 bits per heavy atom. The van der Waals surface area contributed by atoms with Crippen LogP contribution in [0.4, 0.5) is 4.39 Å². The molecule has 104 valence electrons. The summed E-state index contributed by atoms with van der Waals surface area (Å²) in [6.45, 7) is 0. The maximum absolute atomic E-state index is 13.3. The van der Waals surface area contributed by atoms with E-state index >= 15 is 0 Å². The summed E-state index contributed by atoms with van der Waals surface area (Å²) in [5.74, 6) is -0.416. The molecule has 1 N–H and O–H groups in total. The van der Waals surface area contributed by atoms with Crippen molar-refractivity contribution in [3.63, 3.8) is 0 Å². The molecule has 0 aromatic heterocycles. The van der Waals surface area contributed by atoms with E-state index in [4.69, 9.17) is 0 Å². The summed E-state index contributed by atoms with van der Waals surface area (Å²) in [5.41, 5.74) is 0. The van der Waals surface area contributed by atoms with Crippen LogP contribution in [0.5, 0.6) is 5.75 Å². The van der Waals surface area contributed by atoms with Crippen LogP contribution in [0.25, 0.3) is 0 Å². The minimum atomic E-state index is -0.896. The summed E-state index contributed by atoms with van der Waals surface area (Å²) < 4.78 is 13.3. The summed E-state index contributed by atoms with van der Waals surface area (Å²) in [5, 5.41) is 13.2. The Balaban J connectivity index is 2.17. The lowest BCUT2D eigenvalue weighted by molar-refractivity contribution is 0.473. The SMILES string of the molecule is Oc1cc(F)ccc1P(c1ccccc1)c1ccccc1. The summed E-state index contributed by atoms with van der Waals surface area (Å²) in [4.78, 5) is 0. The molecule has 0 aliphatic heterocycles. The topological polar surface area (TPSA) is 20.2 Å². The van der Waals surface area contributed by atoms with Gasteiger partial charge in [-0.2, -0.15) is 0 Å². The molecular formula is C18H14FOP. The molecule has 0 heterocycles. The second-order valence-corrected chi connectivity index (χ2v) is 6.82. The van der Waals surface area contributed by atoms with Crippen molar-refractivity contribution in [1.29, 1.82) is 0 Å². The average Bonchev–Trinajstić information content (AvgIpc) is 2.52. The number of halogens is 1. The van der Waals surface area contributed by atoms with E-state index in [-0.39, 0.29) is 5.75 Å². The number of hydrogen-bond donors (Lipinski definition) is 1. The van der Waals surface area contributed by atoms with Gasteiger partial charge in [-0.15, -0.1) is 0 Å². The molecule has 1 nitrogen and oxygen atoms in total. The van der Waals surface area contributed by atoms with E-state index in [0.717, 1.165) is 15.9 Å². The molecule has 3 aromatic carbocycles. The molecule has 0 atom stereocenters. The van der Waals surface area contributed by atoms with E-state index in [1.54, 1.807) is 6.07 Å². The van der Waals surface area contributed by atoms with Crippen molar-refractivity contribution in [2.45, 2.75) is 0 Å². The van der Waals surface area contributed by atoms with Crippen molar-refractivity contribution in [3.8, 4) is 5.75 Å². The standard InChI is InChI=1S/C18H14FOP/c19-14-11-12-18(17(20)13-14)21(15-7-3-1-4-8-15)16-9-5-2-6-10-16/h1-13,20H. The lowest BCUT2D eigenvalue weighted by atomic mass is 10.3. The zero-order chi connectivity index (χ0) is 14.7. The van der Waals surface area contributed by atoms with Crippen LogP contribution in [0, 0.1) is 5.82 Å². The highest BCUT2D eigenvalue weighted by Gasteiger charge is 2.19. The van der Waals surface area contributed by atoms with Crippen LogP contribution in [0.1, 0.15) is 0 Å². The van der Waals surface area contributed by atoms with E-state index < -0.39 is 13.7 Å². The fourth-order valence-electron chi connectivity index (χ4n) is 2.27. The summed E-state index contributed by atoms with van der Waals surface area (Å²) in [6.07, 6.45) is 0. The largest absolute Gasteiger partial charge is 0.507 e. The number of hydrogen-bond acceptors (Lipinski definition) is 1. The highest BCUT2D eigenvalue weighted by molar-refractivity contribution is 7.80. The lowest BCUT2D eigenvalue weighted by Crippen LogP contribution is -2.20. The van der Waals surface area contributed by atoms with Gasteiger partial charge in [0.15, 0.2) is 0 Å². The molecule has 0 spiro atoms. The van der Waals surface area contributed by atoms with Gasteiger partial charge in [-0.25, -0.2) is 4.39 Å². The van der Waals surface area contributed by atoms with Gasteiger partial charge in [0, 0.05) is 11.4 Å².